The summed E-state index contributed by atoms with van der Waals surface area (Å²) in [5, 5.41) is 3.43. The number of thiophene rings is 1. The average molecular weight is 329 g/mol. The van der Waals surface area contributed by atoms with Gasteiger partial charge < -0.3 is 10.2 Å². The molecular formula is C16H25ClN2OS. The molecule has 1 aliphatic heterocycles. The van der Waals surface area contributed by atoms with Gasteiger partial charge in [0.25, 0.3) is 5.91 Å². The molecule has 1 fully saturated rings. The molecule has 1 N–H and O–H groups in total. The van der Waals surface area contributed by atoms with Gasteiger partial charge in [-0.25, -0.2) is 0 Å². The van der Waals surface area contributed by atoms with Crippen LogP contribution in [-0.2, 0) is 12.8 Å². The highest BCUT2D eigenvalue weighted by Crippen LogP contribution is 2.30. The van der Waals surface area contributed by atoms with Gasteiger partial charge in [-0.2, -0.15) is 0 Å². The van der Waals surface area contributed by atoms with E-state index in [9.17, 15) is 4.79 Å². The highest BCUT2D eigenvalue weighted by atomic mass is 35.5. The highest BCUT2D eigenvalue weighted by molar-refractivity contribution is 7.14. The molecule has 5 heteroatoms. The normalized spacial score (nSPS) is 25.7. The fraction of sp³-hybridized carbons (Fsp3) is 0.688. The first-order valence-electron chi connectivity index (χ1n) is 7.83. The van der Waals surface area contributed by atoms with Crippen LogP contribution in [0.3, 0.4) is 0 Å². The van der Waals surface area contributed by atoms with Crippen LogP contribution in [0.25, 0.3) is 0 Å². The van der Waals surface area contributed by atoms with Crippen molar-refractivity contribution in [2.75, 3.05) is 13.1 Å². The van der Waals surface area contributed by atoms with Crippen LogP contribution in [0.1, 0.15) is 53.2 Å². The second-order valence-electron chi connectivity index (χ2n) is 6.10. The van der Waals surface area contributed by atoms with Crippen LogP contribution in [0.15, 0.2) is 6.07 Å². The molecule has 2 unspecified atom stereocenters. The molecule has 1 saturated heterocycles. The number of halogens is 1. The van der Waals surface area contributed by atoms with Crippen molar-refractivity contribution in [1.82, 2.24) is 10.2 Å². The molecule has 2 heterocycles. The number of amides is 1. The van der Waals surface area contributed by atoms with Crippen molar-refractivity contribution in [1.29, 1.82) is 0 Å². The second-order valence-corrected chi connectivity index (χ2v) is 7.24. The number of hydrogen-bond donors (Lipinski definition) is 1. The van der Waals surface area contributed by atoms with Crippen molar-refractivity contribution in [3.63, 3.8) is 0 Å². The van der Waals surface area contributed by atoms with Crippen LogP contribution in [-0.4, -0.2) is 36.0 Å². The maximum atomic E-state index is 12.8. The third-order valence-corrected chi connectivity index (χ3v) is 5.98. The SMILES string of the molecule is CC1NCCN(C(=O)c2cc3c(s2)CCCCC3)C1C.Cl. The largest absolute Gasteiger partial charge is 0.332 e. The Hall–Kier alpha value is -0.580. The van der Waals surface area contributed by atoms with Crippen LogP contribution in [0, 0.1) is 0 Å². The molecule has 2 atom stereocenters. The third kappa shape index (κ3) is 3.43. The van der Waals surface area contributed by atoms with E-state index in [0.29, 0.717) is 6.04 Å². The zero-order valence-electron chi connectivity index (χ0n) is 12.9. The fourth-order valence-electron chi connectivity index (χ4n) is 3.26. The fourth-order valence-corrected chi connectivity index (χ4v) is 4.47. The summed E-state index contributed by atoms with van der Waals surface area (Å²) < 4.78 is 0. The van der Waals surface area contributed by atoms with Crippen molar-refractivity contribution < 1.29 is 4.79 Å². The first kappa shape index (κ1) is 16.8. The van der Waals surface area contributed by atoms with E-state index in [1.807, 2.05) is 4.90 Å². The van der Waals surface area contributed by atoms with E-state index in [0.717, 1.165) is 24.4 Å². The molecule has 3 rings (SSSR count). The molecular weight excluding hydrogens is 304 g/mol. The van der Waals surface area contributed by atoms with Crippen molar-refractivity contribution in [2.24, 2.45) is 0 Å². The summed E-state index contributed by atoms with van der Waals surface area (Å²) in [4.78, 5) is 17.2. The smallest absolute Gasteiger partial charge is 0.264 e. The van der Waals surface area contributed by atoms with E-state index in [1.54, 1.807) is 11.3 Å². The second kappa shape index (κ2) is 7.12. The highest BCUT2D eigenvalue weighted by Gasteiger charge is 2.30. The molecule has 0 bridgehead atoms. The molecule has 0 radical (unpaired) electrons. The van der Waals surface area contributed by atoms with Gasteiger partial charge in [0.15, 0.2) is 0 Å². The van der Waals surface area contributed by atoms with E-state index in [4.69, 9.17) is 0 Å². The van der Waals surface area contributed by atoms with Crippen molar-refractivity contribution in [3.05, 3.63) is 21.4 Å². The molecule has 1 aromatic rings. The van der Waals surface area contributed by atoms with E-state index in [2.05, 4.69) is 25.2 Å². The van der Waals surface area contributed by atoms with Gasteiger partial charge in [-0.05, 0) is 51.2 Å². The van der Waals surface area contributed by atoms with Gasteiger partial charge in [0, 0.05) is 30.1 Å². The number of carbonyl (C=O) groups excluding carboxylic acids is 1. The van der Waals surface area contributed by atoms with Crippen molar-refractivity contribution >= 4 is 29.7 Å². The van der Waals surface area contributed by atoms with E-state index >= 15 is 0 Å². The number of fused-ring (bicyclic) bond motifs is 1. The molecule has 0 aromatic carbocycles. The summed E-state index contributed by atoms with van der Waals surface area (Å²) in [5.41, 5.74) is 1.44. The number of nitrogens with one attached hydrogen (secondary N) is 1. The summed E-state index contributed by atoms with van der Waals surface area (Å²) in [6.45, 7) is 6.04. The first-order valence-corrected chi connectivity index (χ1v) is 8.64. The van der Waals surface area contributed by atoms with E-state index < -0.39 is 0 Å². The Labute approximate surface area is 137 Å². The lowest BCUT2D eigenvalue weighted by Crippen LogP contribution is -2.57. The Kier molecular flexibility index (Phi) is 5.69. The van der Waals surface area contributed by atoms with Crippen LogP contribution < -0.4 is 5.32 Å². The molecule has 0 spiro atoms. The zero-order valence-corrected chi connectivity index (χ0v) is 14.5. The van der Waals surface area contributed by atoms with Crippen molar-refractivity contribution in [3.8, 4) is 0 Å². The van der Waals surface area contributed by atoms with Crippen molar-refractivity contribution in [2.45, 2.75) is 58.0 Å². The summed E-state index contributed by atoms with van der Waals surface area (Å²) in [6.07, 6.45) is 6.21. The summed E-state index contributed by atoms with van der Waals surface area (Å²) >= 11 is 1.74. The zero-order chi connectivity index (χ0) is 14.1. The Balaban J connectivity index is 0.00000161. The van der Waals surface area contributed by atoms with Gasteiger partial charge in [-0.15, -0.1) is 23.7 Å². The molecule has 21 heavy (non-hydrogen) atoms. The Morgan fingerprint density at radius 2 is 2.05 bits per heavy atom. The quantitative estimate of drug-likeness (QED) is 0.802. The van der Waals surface area contributed by atoms with Crippen LogP contribution in [0.5, 0.6) is 0 Å². The Morgan fingerprint density at radius 3 is 2.86 bits per heavy atom. The maximum Gasteiger partial charge on any atom is 0.264 e. The predicted octanol–water partition coefficient (Wildman–Crippen LogP) is 3.26. The van der Waals surface area contributed by atoms with Crippen LogP contribution in [0.4, 0.5) is 0 Å². The standard InChI is InChI=1S/C16H24N2OS.ClH/c1-11-12(2)18(9-8-17-11)16(19)15-10-13-6-4-3-5-7-14(13)20-15;/h10-12,17H,3-9H2,1-2H3;1H. The van der Waals surface area contributed by atoms with Gasteiger partial charge in [-0.1, -0.05) is 6.42 Å². The summed E-state index contributed by atoms with van der Waals surface area (Å²) in [7, 11) is 0. The lowest BCUT2D eigenvalue weighted by atomic mass is 10.1. The van der Waals surface area contributed by atoms with Crippen LogP contribution >= 0.6 is 23.7 Å². The summed E-state index contributed by atoms with van der Waals surface area (Å²) in [5.74, 6) is 0.240. The molecule has 118 valence electrons. The first-order chi connectivity index (χ1) is 9.66. The lowest BCUT2D eigenvalue weighted by molar-refractivity contribution is 0.0608. The number of aryl methyl sites for hydroxylation is 2. The number of carbonyl (C=O) groups is 1. The van der Waals surface area contributed by atoms with Gasteiger partial charge >= 0.3 is 0 Å². The van der Waals surface area contributed by atoms with Gasteiger partial charge in [0.05, 0.1) is 4.88 Å². The van der Waals surface area contributed by atoms with Gasteiger partial charge in [0.2, 0.25) is 0 Å². The number of hydrogen-bond acceptors (Lipinski definition) is 3. The number of piperazine rings is 1. The molecule has 0 saturated carbocycles. The number of rotatable bonds is 1. The van der Waals surface area contributed by atoms with E-state index in [-0.39, 0.29) is 24.4 Å². The molecule has 2 aliphatic rings. The van der Waals surface area contributed by atoms with Gasteiger partial charge in [-0.3, -0.25) is 4.79 Å². The maximum absolute atomic E-state index is 12.8. The summed E-state index contributed by atoms with van der Waals surface area (Å²) in [6, 6.07) is 2.83. The molecule has 1 amide bonds. The van der Waals surface area contributed by atoms with Gasteiger partial charge in [0.1, 0.15) is 0 Å². The lowest BCUT2D eigenvalue weighted by Gasteiger charge is -2.38. The monoisotopic (exact) mass is 328 g/mol. The minimum absolute atomic E-state index is 0. The Bertz CT molecular complexity index is 479. The molecule has 1 aromatic heterocycles. The van der Waals surface area contributed by atoms with Crippen LogP contribution in [0.2, 0.25) is 0 Å². The predicted molar refractivity (Wildman–Crippen MR) is 90.8 cm³/mol. The molecule has 3 nitrogen and oxygen atoms in total. The minimum Gasteiger partial charge on any atom is -0.332 e. The Morgan fingerprint density at radius 1 is 1.29 bits per heavy atom. The average Bonchev–Trinajstić information content (AvgIpc) is 2.72. The minimum atomic E-state index is 0. The van der Waals surface area contributed by atoms with E-state index in [1.165, 1.54) is 36.1 Å². The number of nitrogens with zero attached hydrogens (tertiary/aromatic N) is 1. The molecule has 1 aliphatic carbocycles. The third-order valence-electron chi connectivity index (χ3n) is 4.75. The topological polar surface area (TPSA) is 32.3 Å².